The van der Waals surface area contributed by atoms with Gasteiger partial charge in [-0.1, -0.05) is 154 Å². The molecule has 0 bridgehead atoms. The third-order valence-electron chi connectivity index (χ3n) is 15.2. The molecule has 0 aromatic carbocycles. The number of unbranched alkanes of at least 4 members (excludes halogenated alkanes) is 24. The lowest BCUT2D eigenvalue weighted by molar-refractivity contribution is -0.192. The predicted molar refractivity (Wildman–Crippen MR) is 393 cm³/mol. The lowest BCUT2D eigenvalue weighted by Crippen LogP contribution is -2.31. The van der Waals surface area contributed by atoms with Crippen molar-refractivity contribution in [2.75, 3.05) is 245 Å². The van der Waals surface area contributed by atoms with Crippen molar-refractivity contribution in [3.8, 4) is 0 Å². The Kier molecular flexibility index (Phi) is 88.7. The van der Waals surface area contributed by atoms with E-state index >= 15 is 0 Å². The highest BCUT2D eigenvalue weighted by atomic mass is 19.4. The van der Waals surface area contributed by atoms with E-state index in [1.54, 1.807) is 7.11 Å². The number of carbonyl (C=O) groups is 3. The van der Waals surface area contributed by atoms with Crippen molar-refractivity contribution in [1.29, 1.82) is 0 Å². The summed E-state index contributed by atoms with van der Waals surface area (Å²) in [5.74, 6) is -3.54. The number of carboxylic acid groups (broad SMARTS) is 1. The molecular weight excluding hydrogens is 1350 g/mol. The summed E-state index contributed by atoms with van der Waals surface area (Å²) in [5.41, 5.74) is 0. The minimum atomic E-state index is -5.08. The van der Waals surface area contributed by atoms with E-state index in [4.69, 9.17) is 95.2 Å². The van der Waals surface area contributed by atoms with Crippen molar-refractivity contribution in [2.45, 2.75) is 206 Å². The summed E-state index contributed by atoms with van der Waals surface area (Å²) in [6, 6.07) is 0. The van der Waals surface area contributed by atoms with Crippen molar-refractivity contribution in [3.05, 3.63) is 24.3 Å². The molecule has 0 aromatic heterocycles. The van der Waals surface area contributed by atoms with Gasteiger partial charge in [-0.2, -0.15) is 13.2 Å². The maximum Gasteiger partial charge on any atom is 0.490 e. The third kappa shape index (κ3) is 93.1. The quantitative estimate of drug-likeness (QED) is 0.0290. The van der Waals surface area contributed by atoms with Gasteiger partial charge in [0, 0.05) is 33.4 Å². The Balaban J connectivity index is 0. The number of aliphatic carboxylic acids is 1. The number of ether oxygens (including phenoxy) is 18. The number of carbonyl (C=O) groups excluding carboxylic acids is 2. The minimum absolute atomic E-state index is 0.0117. The number of rotatable bonds is 86. The minimum Gasteiger partial charge on any atom is -0.475 e. The molecule has 0 aliphatic carbocycles. The summed E-state index contributed by atoms with van der Waals surface area (Å²) in [5, 5.41) is 12.9. The van der Waals surface area contributed by atoms with Crippen LogP contribution in [0, 0.1) is 0 Å². The number of hydrogen-bond acceptors (Lipinski definition) is 23. The average molecular weight is 1500 g/mol. The van der Waals surface area contributed by atoms with Gasteiger partial charge >= 0.3 is 24.1 Å². The largest absolute Gasteiger partial charge is 0.490 e. The van der Waals surface area contributed by atoms with Crippen LogP contribution in [0.1, 0.15) is 194 Å². The van der Waals surface area contributed by atoms with E-state index in [9.17, 15) is 22.8 Å². The SMILES string of the molecule is CCCCCCCC/C=C\CCCCCCCCOCC(COCCOCCOCCOCCOCCOCCOCCOCCOCCOCCOCCOCCOCCOC(=O)CNCCOC(=O)CNCCOC)OCCCCCCCC/C=C\CCCCCCCC.O=C(O)C(F)(F)F. The molecule has 612 valence electrons. The van der Waals surface area contributed by atoms with Gasteiger partial charge in [0.05, 0.1) is 198 Å². The molecule has 0 radical (unpaired) electrons. The van der Waals surface area contributed by atoms with Crippen LogP contribution in [0.3, 0.4) is 0 Å². The lowest BCUT2D eigenvalue weighted by atomic mass is 10.1. The van der Waals surface area contributed by atoms with Crippen LogP contribution in [-0.4, -0.2) is 280 Å². The van der Waals surface area contributed by atoms with Crippen LogP contribution in [0.4, 0.5) is 13.2 Å². The number of hydrogen-bond donors (Lipinski definition) is 3. The van der Waals surface area contributed by atoms with Gasteiger partial charge in [0.2, 0.25) is 0 Å². The van der Waals surface area contributed by atoms with Crippen molar-refractivity contribution in [3.63, 3.8) is 0 Å². The van der Waals surface area contributed by atoms with Crippen molar-refractivity contribution in [1.82, 2.24) is 10.6 Å². The zero-order chi connectivity index (χ0) is 75.0. The highest BCUT2D eigenvalue weighted by Gasteiger charge is 2.38. The van der Waals surface area contributed by atoms with Crippen LogP contribution in [-0.2, 0) is 99.6 Å². The number of methoxy groups -OCH3 is 1. The second kappa shape index (κ2) is 89.6. The topological polar surface area (TPSA) is 262 Å². The molecule has 24 nitrogen and oxygen atoms in total. The number of alkyl halides is 3. The first-order valence-corrected chi connectivity index (χ1v) is 39.1. The molecule has 0 aromatic rings. The third-order valence-corrected chi connectivity index (χ3v) is 15.2. The summed E-state index contributed by atoms with van der Waals surface area (Å²) < 4.78 is 132. The second-order valence-corrected chi connectivity index (χ2v) is 24.5. The van der Waals surface area contributed by atoms with E-state index < -0.39 is 18.1 Å². The van der Waals surface area contributed by atoms with Crippen LogP contribution >= 0.6 is 0 Å². The standard InChI is InChI=1S/C74H144N2O20.C2HF3O2/c1-4-6-8-10-12-14-16-18-20-22-24-26-28-30-32-34-38-92-70-72(94-39-35-33-31-29-27-25-23-21-19-17-15-13-11-9-7-5-2)71-93-65-64-90-61-60-88-57-56-86-53-52-84-49-48-82-45-44-80-42-43-81-46-47-83-50-51-85-54-55-87-58-59-89-62-63-91-66-67-96-74(78)69-76-37-41-95-73(77)68-75-36-40-79-3;3-2(4,5)1(6)7/h18-21,72,75-76H,4-17,22-71H2,1-3H3;(H,6,7)/b20-18-,21-19-;. The Morgan fingerprint density at radius 2 is 0.563 bits per heavy atom. The van der Waals surface area contributed by atoms with Gasteiger partial charge in [0.15, 0.2) is 0 Å². The van der Waals surface area contributed by atoms with Gasteiger partial charge in [0.25, 0.3) is 0 Å². The van der Waals surface area contributed by atoms with E-state index in [2.05, 4.69) is 48.8 Å². The first-order chi connectivity index (χ1) is 50.6. The molecule has 0 fully saturated rings. The van der Waals surface area contributed by atoms with Crippen LogP contribution in [0.25, 0.3) is 0 Å². The molecule has 0 amide bonds. The Labute approximate surface area is 619 Å². The van der Waals surface area contributed by atoms with Crippen LogP contribution in [0.15, 0.2) is 24.3 Å². The number of allylic oxidation sites excluding steroid dienone is 4. The van der Waals surface area contributed by atoms with Crippen molar-refractivity contribution < 1.29 is 118 Å². The molecular formula is C76H145F3N2O22. The van der Waals surface area contributed by atoms with Gasteiger partial charge in [0.1, 0.15) is 19.3 Å². The monoisotopic (exact) mass is 1500 g/mol. The average Bonchev–Trinajstić information content (AvgIpc) is 1.17. The number of esters is 2. The number of nitrogens with one attached hydrogen (secondary N) is 2. The summed E-state index contributed by atoms with van der Waals surface area (Å²) in [4.78, 5) is 32.2. The fraction of sp³-hybridized carbons (Fsp3) is 0.908. The van der Waals surface area contributed by atoms with E-state index in [1.807, 2.05) is 0 Å². The summed E-state index contributed by atoms with van der Waals surface area (Å²) in [6.45, 7) is 20.6. The highest BCUT2D eigenvalue weighted by Crippen LogP contribution is 2.15. The van der Waals surface area contributed by atoms with Gasteiger partial charge in [-0.05, 0) is 64.2 Å². The molecule has 1 unspecified atom stereocenters. The molecule has 3 N–H and O–H groups in total. The zero-order valence-corrected chi connectivity index (χ0v) is 64.3. The van der Waals surface area contributed by atoms with Crippen molar-refractivity contribution >= 4 is 17.9 Å². The first kappa shape index (κ1) is 102. The predicted octanol–water partition coefficient (Wildman–Crippen LogP) is 12.2. The Hall–Kier alpha value is -3.04. The Morgan fingerprint density at radius 1 is 0.320 bits per heavy atom. The molecule has 0 saturated heterocycles. The molecule has 27 heteroatoms. The molecule has 0 aliphatic heterocycles. The molecule has 0 aliphatic rings. The van der Waals surface area contributed by atoms with Gasteiger partial charge in [-0.15, -0.1) is 0 Å². The van der Waals surface area contributed by atoms with E-state index in [1.165, 1.54) is 167 Å². The zero-order valence-electron chi connectivity index (χ0n) is 64.3. The summed E-state index contributed by atoms with van der Waals surface area (Å²) >= 11 is 0. The first-order valence-electron chi connectivity index (χ1n) is 39.1. The molecule has 0 spiro atoms. The molecule has 1 atom stereocenters. The fourth-order valence-corrected chi connectivity index (χ4v) is 9.37. The smallest absolute Gasteiger partial charge is 0.475 e. The molecule has 103 heavy (non-hydrogen) atoms. The second-order valence-electron chi connectivity index (χ2n) is 24.5. The Morgan fingerprint density at radius 3 is 0.864 bits per heavy atom. The van der Waals surface area contributed by atoms with Crippen LogP contribution < -0.4 is 10.6 Å². The highest BCUT2D eigenvalue weighted by molar-refractivity contribution is 5.73. The van der Waals surface area contributed by atoms with Gasteiger partial charge < -0.3 is 101 Å². The normalized spacial score (nSPS) is 12.1. The molecule has 0 saturated carbocycles. The lowest BCUT2D eigenvalue weighted by Gasteiger charge is -2.18. The number of halogens is 3. The van der Waals surface area contributed by atoms with E-state index in [-0.39, 0.29) is 45.0 Å². The molecule has 0 heterocycles. The fourth-order valence-electron chi connectivity index (χ4n) is 9.37. The van der Waals surface area contributed by atoms with Crippen LogP contribution in [0.2, 0.25) is 0 Å². The maximum atomic E-state index is 11.8. The summed E-state index contributed by atoms with van der Waals surface area (Å²) in [6.07, 6.45) is 40.9. The van der Waals surface area contributed by atoms with E-state index in [0.717, 1.165) is 26.1 Å². The van der Waals surface area contributed by atoms with Crippen molar-refractivity contribution in [2.24, 2.45) is 0 Å². The number of carboxylic acids is 1. The maximum absolute atomic E-state index is 11.8. The van der Waals surface area contributed by atoms with Gasteiger partial charge in [-0.3, -0.25) is 9.59 Å². The van der Waals surface area contributed by atoms with Crippen LogP contribution in [0.5, 0.6) is 0 Å². The van der Waals surface area contributed by atoms with Gasteiger partial charge in [-0.25, -0.2) is 4.79 Å². The summed E-state index contributed by atoms with van der Waals surface area (Å²) in [7, 11) is 1.59. The molecule has 0 rings (SSSR count). The van der Waals surface area contributed by atoms with E-state index in [0.29, 0.717) is 191 Å². The Bertz CT molecular complexity index is 1750.